The number of rotatable bonds is 6. The van der Waals surface area contributed by atoms with Crippen LogP contribution in [0.25, 0.3) is 16.5 Å². The number of methoxy groups -OCH3 is 1. The number of amides is 3. The zero-order valence-corrected chi connectivity index (χ0v) is 24.0. The molecule has 0 radical (unpaired) electrons. The van der Waals surface area contributed by atoms with Gasteiger partial charge in [0.1, 0.15) is 6.04 Å². The van der Waals surface area contributed by atoms with Crippen LogP contribution in [0.3, 0.4) is 0 Å². The third-order valence-electron chi connectivity index (χ3n) is 7.68. The van der Waals surface area contributed by atoms with E-state index in [0.29, 0.717) is 50.0 Å². The monoisotopic (exact) mass is 567 g/mol. The summed E-state index contributed by atoms with van der Waals surface area (Å²) in [6, 6.07) is 12.9. The van der Waals surface area contributed by atoms with Crippen molar-refractivity contribution in [3.05, 3.63) is 76.6 Å². The van der Waals surface area contributed by atoms with Gasteiger partial charge in [0.2, 0.25) is 12.3 Å². The number of hydrogen-bond acceptors (Lipinski definition) is 6. The number of carbonyl (C=O) groups is 4. The zero-order chi connectivity index (χ0) is 29.8. The fraction of sp³-hybridized carbons (Fsp3) is 0.333. The molecule has 2 aliphatic rings. The Kier molecular flexibility index (Phi) is 8.43. The lowest BCUT2D eigenvalue weighted by Gasteiger charge is -2.37. The van der Waals surface area contributed by atoms with E-state index in [4.69, 9.17) is 9.15 Å². The molecule has 2 aliphatic heterocycles. The van der Waals surface area contributed by atoms with Crippen LogP contribution in [0.15, 0.2) is 53.0 Å². The highest BCUT2D eigenvalue weighted by Crippen LogP contribution is 2.31. The SMILES string of the molecule is COC(=O)CCC#Cc1cc(C2=CCCN(C(=O)C3Cc4ccccc4CN3C=O)C2)cc2cc(C(=O)N(C)C)oc12. The van der Waals surface area contributed by atoms with Gasteiger partial charge in [0, 0.05) is 52.0 Å². The summed E-state index contributed by atoms with van der Waals surface area (Å²) in [5.74, 6) is 5.64. The highest BCUT2D eigenvalue weighted by molar-refractivity contribution is 5.98. The summed E-state index contributed by atoms with van der Waals surface area (Å²) in [4.78, 5) is 54.7. The number of carbonyl (C=O) groups excluding carboxylic acids is 4. The lowest BCUT2D eigenvalue weighted by Crippen LogP contribution is -2.52. The Morgan fingerprint density at radius 3 is 2.64 bits per heavy atom. The van der Waals surface area contributed by atoms with Crippen LogP contribution < -0.4 is 0 Å². The molecule has 2 aromatic carbocycles. The van der Waals surface area contributed by atoms with Gasteiger partial charge in [-0.25, -0.2) is 0 Å². The lowest BCUT2D eigenvalue weighted by molar-refractivity contribution is -0.141. The number of ether oxygens (including phenoxy) is 1. The first kappa shape index (κ1) is 28.7. The minimum Gasteiger partial charge on any atom is -0.469 e. The van der Waals surface area contributed by atoms with Gasteiger partial charge in [-0.2, -0.15) is 0 Å². The Hall–Kier alpha value is -4.84. The predicted octanol–water partition coefficient (Wildman–Crippen LogP) is 3.64. The highest BCUT2D eigenvalue weighted by Gasteiger charge is 2.34. The van der Waals surface area contributed by atoms with Crippen LogP contribution in [0.2, 0.25) is 0 Å². The van der Waals surface area contributed by atoms with Crippen LogP contribution in [0.5, 0.6) is 0 Å². The zero-order valence-electron chi connectivity index (χ0n) is 24.0. The molecule has 9 heteroatoms. The molecule has 3 aromatic rings. The van der Waals surface area contributed by atoms with E-state index < -0.39 is 6.04 Å². The summed E-state index contributed by atoms with van der Waals surface area (Å²) < 4.78 is 10.6. The number of nitrogens with zero attached hydrogens (tertiary/aromatic N) is 3. The van der Waals surface area contributed by atoms with E-state index in [1.54, 1.807) is 25.1 Å². The second-order valence-corrected chi connectivity index (χ2v) is 10.7. The van der Waals surface area contributed by atoms with Crippen molar-refractivity contribution in [3.8, 4) is 11.8 Å². The third kappa shape index (κ3) is 5.93. The van der Waals surface area contributed by atoms with Gasteiger partial charge in [0.15, 0.2) is 11.3 Å². The minimum absolute atomic E-state index is 0.0757. The number of hydrogen-bond donors (Lipinski definition) is 0. The van der Waals surface area contributed by atoms with Gasteiger partial charge in [-0.3, -0.25) is 19.2 Å². The molecule has 1 aromatic heterocycles. The molecule has 3 amide bonds. The topological polar surface area (TPSA) is 100 Å². The first-order valence-corrected chi connectivity index (χ1v) is 13.9. The van der Waals surface area contributed by atoms with Gasteiger partial charge in [0.05, 0.1) is 19.1 Å². The molecule has 0 bridgehead atoms. The van der Waals surface area contributed by atoms with Crippen molar-refractivity contribution in [1.82, 2.24) is 14.7 Å². The van der Waals surface area contributed by atoms with E-state index in [1.165, 1.54) is 12.0 Å². The Morgan fingerprint density at radius 1 is 1.12 bits per heavy atom. The smallest absolute Gasteiger partial charge is 0.306 e. The van der Waals surface area contributed by atoms with E-state index in [0.717, 1.165) is 34.1 Å². The van der Waals surface area contributed by atoms with E-state index >= 15 is 0 Å². The molecule has 1 atom stereocenters. The van der Waals surface area contributed by atoms with Gasteiger partial charge in [-0.1, -0.05) is 42.2 Å². The largest absolute Gasteiger partial charge is 0.469 e. The summed E-state index contributed by atoms with van der Waals surface area (Å²) >= 11 is 0. The first-order chi connectivity index (χ1) is 20.3. The molecule has 216 valence electrons. The van der Waals surface area contributed by atoms with Crippen LogP contribution in [0, 0.1) is 11.8 Å². The average molecular weight is 568 g/mol. The van der Waals surface area contributed by atoms with Crippen molar-refractivity contribution >= 4 is 40.7 Å². The molecule has 0 fully saturated rings. The van der Waals surface area contributed by atoms with Crippen molar-refractivity contribution in [1.29, 1.82) is 0 Å². The molecule has 1 unspecified atom stereocenters. The third-order valence-corrected chi connectivity index (χ3v) is 7.68. The van der Waals surface area contributed by atoms with Crippen LogP contribution >= 0.6 is 0 Å². The highest BCUT2D eigenvalue weighted by atomic mass is 16.5. The van der Waals surface area contributed by atoms with Gasteiger partial charge < -0.3 is 23.9 Å². The van der Waals surface area contributed by atoms with E-state index in [1.807, 2.05) is 41.3 Å². The molecule has 42 heavy (non-hydrogen) atoms. The molecule has 3 heterocycles. The Morgan fingerprint density at radius 2 is 1.90 bits per heavy atom. The van der Waals surface area contributed by atoms with Crippen molar-refractivity contribution in [2.75, 3.05) is 34.3 Å². The summed E-state index contributed by atoms with van der Waals surface area (Å²) in [5.41, 5.74) is 5.04. The average Bonchev–Trinajstić information content (AvgIpc) is 3.45. The minimum atomic E-state index is -0.552. The normalized spacial score (nSPS) is 16.2. The molecule has 0 spiro atoms. The summed E-state index contributed by atoms with van der Waals surface area (Å²) in [7, 11) is 4.65. The molecule has 0 saturated heterocycles. The maximum atomic E-state index is 13.8. The van der Waals surface area contributed by atoms with E-state index in [9.17, 15) is 19.2 Å². The molecule has 9 nitrogen and oxygen atoms in total. The Labute approximate surface area is 244 Å². The first-order valence-electron chi connectivity index (χ1n) is 13.9. The number of esters is 1. The van der Waals surface area contributed by atoms with Crippen molar-refractivity contribution < 1.29 is 28.3 Å². The Balaban J connectivity index is 1.43. The van der Waals surface area contributed by atoms with Crippen LogP contribution in [0.1, 0.15) is 52.1 Å². The lowest BCUT2D eigenvalue weighted by atomic mass is 9.92. The molecular weight excluding hydrogens is 534 g/mol. The van der Waals surface area contributed by atoms with Gasteiger partial charge in [0.25, 0.3) is 5.91 Å². The molecule has 5 rings (SSSR count). The number of furan rings is 1. The summed E-state index contributed by atoms with van der Waals surface area (Å²) in [6.07, 6.45) is 4.51. The van der Waals surface area contributed by atoms with E-state index in [2.05, 4.69) is 17.9 Å². The van der Waals surface area contributed by atoms with Crippen LogP contribution in [0.4, 0.5) is 0 Å². The quantitative estimate of drug-likeness (QED) is 0.256. The molecule has 0 N–H and O–H groups in total. The van der Waals surface area contributed by atoms with Gasteiger partial charge >= 0.3 is 5.97 Å². The van der Waals surface area contributed by atoms with E-state index in [-0.39, 0.29) is 30.0 Å². The predicted molar refractivity (Wildman–Crippen MR) is 157 cm³/mol. The van der Waals surface area contributed by atoms with Crippen molar-refractivity contribution in [2.45, 2.75) is 38.3 Å². The maximum absolute atomic E-state index is 13.8. The fourth-order valence-electron chi connectivity index (χ4n) is 5.42. The van der Waals surface area contributed by atoms with Gasteiger partial charge in [-0.05, 0) is 46.9 Å². The van der Waals surface area contributed by atoms with Crippen molar-refractivity contribution in [3.63, 3.8) is 0 Å². The van der Waals surface area contributed by atoms with Gasteiger partial charge in [-0.15, -0.1) is 0 Å². The second kappa shape index (κ2) is 12.4. The standard InChI is InChI=1S/C33H33N3O6/c1-34(2)33(40)29-18-27-16-26(15-23(31(27)42-29)10-6-7-13-30(38)41-3)25-12-8-14-35(19-25)32(39)28-17-22-9-4-5-11-24(22)20-36(28)21-37/h4-5,9,11-12,15-16,18,21,28H,7-8,13-14,17,19-20H2,1-3H3. The summed E-state index contributed by atoms with van der Waals surface area (Å²) in [6.45, 7) is 1.35. The second-order valence-electron chi connectivity index (χ2n) is 10.7. The fourth-order valence-corrected chi connectivity index (χ4v) is 5.42. The number of benzene rings is 2. The summed E-state index contributed by atoms with van der Waals surface area (Å²) in [5, 5.41) is 0.718. The molecular formula is C33H33N3O6. The van der Waals surface area contributed by atoms with Crippen molar-refractivity contribution in [2.24, 2.45) is 0 Å². The Bertz CT molecular complexity index is 1640. The molecule has 0 saturated carbocycles. The number of fused-ring (bicyclic) bond motifs is 2. The molecule has 0 aliphatic carbocycles. The van der Waals surface area contributed by atoms with Crippen LogP contribution in [-0.4, -0.2) is 79.2 Å². The van der Waals surface area contributed by atoms with Crippen LogP contribution in [-0.2, 0) is 32.1 Å². The maximum Gasteiger partial charge on any atom is 0.306 e.